The number of hydrogen-bond donors (Lipinski definition) is 3. The Kier molecular flexibility index (Phi) is 3.65. The molecule has 0 aliphatic carbocycles. The highest BCUT2D eigenvalue weighted by Gasteiger charge is 2.08. The second kappa shape index (κ2) is 5.03. The molecule has 2 aromatic heterocycles. The molecular formula is C9H7BrN4OS2. The van der Waals surface area contributed by atoms with Crippen molar-refractivity contribution in [1.82, 2.24) is 9.97 Å². The van der Waals surface area contributed by atoms with Gasteiger partial charge in [-0.2, -0.15) is 4.98 Å². The van der Waals surface area contributed by atoms with Gasteiger partial charge in [-0.3, -0.25) is 0 Å². The molecule has 0 saturated heterocycles. The lowest BCUT2D eigenvalue weighted by Gasteiger charge is -2.01. The van der Waals surface area contributed by atoms with E-state index in [2.05, 4.69) is 43.5 Å². The first kappa shape index (κ1) is 12.3. The Morgan fingerprint density at radius 2 is 2.24 bits per heavy atom. The van der Waals surface area contributed by atoms with Crippen molar-refractivity contribution in [2.24, 2.45) is 4.99 Å². The molecule has 0 spiro atoms. The summed E-state index contributed by atoms with van der Waals surface area (Å²) in [6.45, 7) is 0. The van der Waals surface area contributed by atoms with Gasteiger partial charge in [0.15, 0.2) is 16.7 Å². The van der Waals surface area contributed by atoms with E-state index in [0.29, 0.717) is 0 Å². The third kappa shape index (κ3) is 2.96. The van der Waals surface area contributed by atoms with Gasteiger partial charge in [-0.15, -0.1) is 24.0 Å². The average Bonchev–Trinajstić information content (AvgIpc) is 2.62. The Hall–Kier alpha value is -1.12. The minimum Gasteiger partial charge on any atom is -0.492 e. The maximum Gasteiger partial charge on any atom is 0.243 e. The van der Waals surface area contributed by atoms with Crippen molar-refractivity contribution >= 4 is 57.6 Å². The average molecular weight is 331 g/mol. The number of aromatic hydroxyl groups is 1. The maximum atomic E-state index is 9.56. The van der Waals surface area contributed by atoms with E-state index in [1.54, 1.807) is 6.21 Å². The van der Waals surface area contributed by atoms with Crippen LogP contribution in [0.15, 0.2) is 26.1 Å². The van der Waals surface area contributed by atoms with Crippen molar-refractivity contribution in [3.63, 3.8) is 0 Å². The molecule has 0 aromatic carbocycles. The van der Waals surface area contributed by atoms with Gasteiger partial charge in [-0.25, -0.2) is 9.98 Å². The molecule has 2 rings (SSSR count). The quantitative estimate of drug-likeness (QED) is 0.449. The van der Waals surface area contributed by atoms with Gasteiger partial charge in [0, 0.05) is 11.1 Å². The number of anilines is 1. The van der Waals surface area contributed by atoms with Gasteiger partial charge in [-0.1, -0.05) is 0 Å². The number of thiol groups is 1. The number of rotatable bonds is 2. The molecule has 17 heavy (non-hydrogen) atoms. The largest absolute Gasteiger partial charge is 0.492 e. The fourth-order valence-corrected chi connectivity index (χ4v) is 2.60. The zero-order valence-electron chi connectivity index (χ0n) is 8.33. The Labute approximate surface area is 115 Å². The van der Waals surface area contributed by atoms with Crippen LogP contribution >= 0.6 is 39.9 Å². The molecular weight excluding hydrogens is 324 g/mol. The van der Waals surface area contributed by atoms with Crippen LogP contribution in [0.3, 0.4) is 0 Å². The third-order valence-electron chi connectivity index (χ3n) is 1.80. The number of nitrogens with zero attached hydrogens (tertiary/aromatic N) is 3. The van der Waals surface area contributed by atoms with E-state index in [4.69, 9.17) is 5.73 Å². The summed E-state index contributed by atoms with van der Waals surface area (Å²) in [5.41, 5.74) is 5.76. The second-order valence-corrected chi connectivity index (χ2v) is 5.88. The van der Waals surface area contributed by atoms with Crippen molar-refractivity contribution in [1.29, 1.82) is 0 Å². The first-order chi connectivity index (χ1) is 8.06. The van der Waals surface area contributed by atoms with E-state index >= 15 is 0 Å². The summed E-state index contributed by atoms with van der Waals surface area (Å²) < 4.78 is 0.998. The molecule has 8 heteroatoms. The van der Waals surface area contributed by atoms with E-state index in [1.165, 1.54) is 11.3 Å². The van der Waals surface area contributed by atoms with Crippen molar-refractivity contribution in [3.05, 3.63) is 20.8 Å². The second-order valence-electron chi connectivity index (χ2n) is 2.98. The number of aliphatic imine (C=N–C) groups is 1. The first-order valence-corrected chi connectivity index (χ1v) is 6.47. The summed E-state index contributed by atoms with van der Waals surface area (Å²) in [5.74, 6) is -0.191. The van der Waals surface area contributed by atoms with Gasteiger partial charge >= 0.3 is 0 Å². The van der Waals surface area contributed by atoms with E-state index in [1.807, 2.05) is 12.1 Å². The van der Waals surface area contributed by atoms with E-state index < -0.39 is 0 Å². The number of thiophene rings is 1. The maximum absolute atomic E-state index is 9.56. The van der Waals surface area contributed by atoms with Gasteiger partial charge < -0.3 is 10.8 Å². The molecule has 0 fully saturated rings. The van der Waals surface area contributed by atoms with Crippen LogP contribution in [0.4, 0.5) is 11.5 Å². The highest BCUT2D eigenvalue weighted by atomic mass is 79.9. The van der Waals surface area contributed by atoms with Crippen LogP contribution in [0.1, 0.15) is 4.88 Å². The topological polar surface area (TPSA) is 84.4 Å². The zero-order chi connectivity index (χ0) is 12.4. The van der Waals surface area contributed by atoms with Gasteiger partial charge in [-0.05, 0) is 28.1 Å². The van der Waals surface area contributed by atoms with Gasteiger partial charge in [0.1, 0.15) is 0 Å². The minimum absolute atomic E-state index is 0.0920. The van der Waals surface area contributed by atoms with E-state index in [0.717, 1.165) is 8.66 Å². The number of nitrogens with two attached hydrogens (primary N) is 1. The summed E-state index contributed by atoms with van der Waals surface area (Å²) in [6, 6.07) is 3.79. The van der Waals surface area contributed by atoms with Gasteiger partial charge in [0.2, 0.25) is 5.88 Å². The summed E-state index contributed by atoms with van der Waals surface area (Å²) >= 11 is 8.75. The number of aromatic nitrogens is 2. The smallest absolute Gasteiger partial charge is 0.243 e. The number of halogens is 1. The van der Waals surface area contributed by atoms with Crippen LogP contribution < -0.4 is 5.73 Å². The standard InChI is InChI=1S/C9H7BrN4OS2/c10-5-2-1-4(17-5)3-12-6-7(11)13-9(16)14-8(6)15/h1-3H,(H4,11,13,14,15,16)/b12-3+. The summed E-state index contributed by atoms with van der Waals surface area (Å²) in [5, 5.41) is 9.66. The molecule has 3 N–H and O–H groups in total. The monoisotopic (exact) mass is 330 g/mol. The molecule has 0 aliphatic heterocycles. The van der Waals surface area contributed by atoms with Crippen LogP contribution in [0.2, 0.25) is 0 Å². The fourth-order valence-electron chi connectivity index (χ4n) is 1.10. The molecule has 0 aliphatic rings. The van der Waals surface area contributed by atoms with Crippen molar-refractivity contribution in [2.75, 3.05) is 5.73 Å². The molecule has 88 valence electrons. The predicted molar refractivity (Wildman–Crippen MR) is 74.6 cm³/mol. The van der Waals surface area contributed by atoms with Crippen molar-refractivity contribution < 1.29 is 5.11 Å². The van der Waals surface area contributed by atoms with Crippen molar-refractivity contribution in [3.8, 4) is 5.88 Å². The lowest BCUT2D eigenvalue weighted by molar-refractivity contribution is 0.448. The Morgan fingerprint density at radius 3 is 2.82 bits per heavy atom. The van der Waals surface area contributed by atoms with Crippen molar-refractivity contribution in [2.45, 2.75) is 5.16 Å². The number of hydrogen-bond acceptors (Lipinski definition) is 7. The molecule has 5 nitrogen and oxygen atoms in total. The SMILES string of the molecule is Nc1nc(S)nc(O)c1/N=C/c1ccc(Br)s1. The molecule has 0 unspecified atom stereocenters. The fraction of sp³-hybridized carbons (Fsp3) is 0. The van der Waals surface area contributed by atoms with Crippen LogP contribution in [-0.2, 0) is 0 Å². The zero-order valence-corrected chi connectivity index (χ0v) is 11.6. The highest BCUT2D eigenvalue weighted by molar-refractivity contribution is 9.11. The molecule has 2 heterocycles. The van der Waals surface area contributed by atoms with Crippen LogP contribution in [0, 0.1) is 0 Å². The van der Waals surface area contributed by atoms with Gasteiger partial charge in [0.05, 0.1) is 3.79 Å². The van der Waals surface area contributed by atoms with Crippen LogP contribution in [0.5, 0.6) is 5.88 Å². The Morgan fingerprint density at radius 1 is 1.47 bits per heavy atom. The first-order valence-electron chi connectivity index (χ1n) is 4.41. The van der Waals surface area contributed by atoms with Crippen LogP contribution in [0.25, 0.3) is 0 Å². The van der Waals surface area contributed by atoms with E-state index in [-0.39, 0.29) is 22.5 Å². The Bertz CT molecular complexity index is 561. The summed E-state index contributed by atoms with van der Waals surface area (Å²) in [6.07, 6.45) is 1.59. The molecule has 0 amide bonds. The normalized spacial score (nSPS) is 11.2. The van der Waals surface area contributed by atoms with E-state index in [9.17, 15) is 5.11 Å². The lowest BCUT2D eigenvalue weighted by Crippen LogP contribution is -1.94. The number of nitrogen functional groups attached to an aromatic ring is 1. The minimum atomic E-state index is -0.283. The molecule has 0 bridgehead atoms. The third-order valence-corrected chi connectivity index (χ3v) is 3.55. The predicted octanol–water partition coefficient (Wildman–Crippen LogP) is 2.63. The highest BCUT2D eigenvalue weighted by Crippen LogP contribution is 2.30. The lowest BCUT2D eigenvalue weighted by atomic mass is 10.4. The molecule has 0 saturated carbocycles. The molecule has 0 atom stereocenters. The summed E-state index contributed by atoms with van der Waals surface area (Å²) in [7, 11) is 0. The summed E-state index contributed by atoms with van der Waals surface area (Å²) in [4.78, 5) is 12.4. The van der Waals surface area contributed by atoms with Gasteiger partial charge in [0.25, 0.3) is 0 Å². The molecule has 0 radical (unpaired) electrons. The van der Waals surface area contributed by atoms with Crippen LogP contribution in [-0.4, -0.2) is 21.3 Å². The molecule has 2 aromatic rings. The Balaban J connectivity index is 2.33.